The molecule has 0 radical (unpaired) electrons. The maximum absolute atomic E-state index is 13.7. The van der Waals surface area contributed by atoms with Crippen LogP contribution in [0, 0.1) is 23.2 Å². The molecule has 0 saturated heterocycles. The van der Waals surface area contributed by atoms with Gasteiger partial charge in [-0.2, -0.15) is 0 Å². The molecule has 0 N–H and O–H groups in total. The number of carbonyl (C=O) groups is 2. The van der Waals surface area contributed by atoms with E-state index >= 15 is 0 Å². The van der Waals surface area contributed by atoms with Crippen molar-refractivity contribution in [3.05, 3.63) is 0 Å². The number of rotatable bonds is 10. The molecule has 4 saturated carbocycles. The van der Waals surface area contributed by atoms with E-state index in [-0.39, 0.29) is 11.4 Å². The molecule has 0 heterocycles. The SMILES string of the molecule is CCOC(=O)CCN(CCN(CC)CC)C(=O)C12CC3CC(CC(C3)C1)C2. The first-order valence-corrected chi connectivity index (χ1v) is 11.2. The second kappa shape index (κ2) is 8.93. The van der Waals surface area contributed by atoms with Crippen LogP contribution in [-0.2, 0) is 14.3 Å². The third-order valence-electron chi connectivity index (χ3n) is 7.25. The zero-order valence-corrected chi connectivity index (χ0v) is 17.5. The van der Waals surface area contributed by atoms with E-state index in [0.29, 0.717) is 25.5 Å². The second-order valence-electron chi connectivity index (χ2n) is 9.07. The van der Waals surface area contributed by atoms with Crippen LogP contribution >= 0.6 is 0 Å². The predicted octanol–water partition coefficient (Wildman–Crippen LogP) is 3.33. The summed E-state index contributed by atoms with van der Waals surface area (Å²) in [6, 6.07) is 0. The van der Waals surface area contributed by atoms with Crippen molar-refractivity contribution in [2.75, 3.05) is 39.3 Å². The van der Waals surface area contributed by atoms with Gasteiger partial charge in [0.15, 0.2) is 0 Å². The molecular formula is C22H38N2O3. The minimum atomic E-state index is -0.191. The van der Waals surface area contributed by atoms with E-state index < -0.39 is 0 Å². The van der Waals surface area contributed by atoms with Crippen LogP contribution in [0.15, 0.2) is 0 Å². The van der Waals surface area contributed by atoms with Gasteiger partial charge in [0.1, 0.15) is 0 Å². The van der Waals surface area contributed by atoms with Gasteiger partial charge >= 0.3 is 5.97 Å². The highest BCUT2D eigenvalue weighted by atomic mass is 16.5. The van der Waals surface area contributed by atoms with Crippen molar-refractivity contribution in [1.29, 1.82) is 0 Å². The summed E-state index contributed by atoms with van der Waals surface area (Å²) in [5.74, 6) is 2.42. The largest absolute Gasteiger partial charge is 0.466 e. The lowest BCUT2D eigenvalue weighted by Gasteiger charge is -2.56. The summed E-state index contributed by atoms with van der Waals surface area (Å²) in [5, 5.41) is 0. The van der Waals surface area contributed by atoms with Gasteiger partial charge in [0.25, 0.3) is 0 Å². The highest BCUT2D eigenvalue weighted by Gasteiger charge is 2.55. The van der Waals surface area contributed by atoms with Crippen molar-refractivity contribution in [2.24, 2.45) is 23.2 Å². The molecule has 0 unspecified atom stereocenters. The van der Waals surface area contributed by atoms with Crippen molar-refractivity contribution >= 4 is 11.9 Å². The third kappa shape index (κ3) is 4.67. The molecule has 0 aliphatic heterocycles. The number of carbonyl (C=O) groups excluding carboxylic acids is 2. The topological polar surface area (TPSA) is 49.9 Å². The maximum Gasteiger partial charge on any atom is 0.307 e. The molecule has 0 spiro atoms. The highest BCUT2D eigenvalue weighted by Crippen LogP contribution is 2.60. The summed E-state index contributed by atoms with van der Waals surface area (Å²) < 4.78 is 5.10. The van der Waals surface area contributed by atoms with E-state index in [0.717, 1.165) is 63.2 Å². The van der Waals surface area contributed by atoms with Crippen molar-refractivity contribution < 1.29 is 14.3 Å². The number of ether oxygens (including phenoxy) is 1. The van der Waals surface area contributed by atoms with Gasteiger partial charge in [-0.05, 0) is 76.3 Å². The fourth-order valence-electron chi connectivity index (χ4n) is 6.28. The highest BCUT2D eigenvalue weighted by molar-refractivity contribution is 5.84. The van der Waals surface area contributed by atoms with Gasteiger partial charge in [-0.3, -0.25) is 9.59 Å². The molecule has 0 aromatic carbocycles. The molecule has 4 fully saturated rings. The van der Waals surface area contributed by atoms with Gasteiger partial charge in [0.05, 0.1) is 18.4 Å². The van der Waals surface area contributed by atoms with Crippen LogP contribution in [-0.4, -0.2) is 61.0 Å². The molecule has 1 amide bonds. The first-order chi connectivity index (χ1) is 13.0. The molecule has 27 heavy (non-hydrogen) atoms. The standard InChI is InChI=1S/C22H38N2O3/c1-4-23(5-2)9-10-24(8-7-20(25)27-6-3)21(26)22-14-17-11-18(15-22)13-19(12-17)16-22/h17-19H,4-16H2,1-3H3. The normalized spacial score (nSPS) is 31.3. The Balaban J connectivity index is 1.68. The molecule has 4 aliphatic carbocycles. The van der Waals surface area contributed by atoms with E-state index in [1.165, 1.54) is 19.3 Å². The van der Waals surface area contributed by atoms with Crippen molar-refractivity contribution in [1.82, 2.24) is 9.80 Å². The van der Waals surface area contributed by atoms with Gasteiger partial charge in [-0.15, -0.1) is 0 Å². The average Bonchev–Trinajstić information content (AvgIpc) is 2.63. The van der Waals surface area contributed by atoms with Gasteiger partial charge in [0, 0.05) is 19.6 Å². The van der Waals surface area contributed by atoms with Crippen LogP contribution in [0.1, 0.15) is 65.7 Å². The van der Waals surface area contributed by atoms with E-state index in [1.807, 2.05) is 11.8 Å². The molecule has 0 aromatic rings. The minimum absolute atomic E-state index is 0.132. The Morgan fingerprint density at radius 3 is 1.93 bits per heavy atom. The lowest BCUT2D eigenvalue weighted by Crippen LogP contribution is -2.55. The monoisotopic (exact) mass is 378 g/mol. The Bertz CT molecular complexity index is 494. The Hall–Kier alpha value is -1.10. The number of esters is 1. The van der Waals surface area contributed by atoms with Crippen LogP contribution < -0.4 is 0 Å². The van der Waals surface area contributed by atoms with E-state index in [2.05, 4.69) is 18.7 Å². The third-order valence-corrected chi connectivity index (χ3v) is 7.25. The Morgan fingerprint density at radius 1 is 0.889 bits per heavy atom. The molecule has 4 rings (SSSR count). The summed E-state index contributed by atoms with van der Waals surface area (Å²) in [6.07, 6.45) is 7.58. The van der Waals surface area contributed by atoms with Gasteiger partial charge < -0.3 is 14.5 Å². The first kappa shape index (κ1) is 20.6. The quantitative estimate of drug-likeness (QED) is 0.547. The predicted molar refractivity (Wildman–Crippen MR) is 106 cm³/mol. The number of hydrogen-bond donors (Lipinski definition) is 0. The van der Waals surface area contributed by atoms with Gasteiger partial charge in [0.2, 0.25) is 5.91 Å². The van der Waals surface area contributed by atoms with Crippen LogP contribution in [0.3, 0.4) is 0 Å². The summed E-state index contributed by atoms with van der Waals surface area (Å²) >= 11 is 0. The fraction of sp³-hybridized carbons (Fsp3) is 0.909. The molecule has 4 aliphatic rings. The summed E-state index contributed by atoms with van der Waals surface area (Å²) in [5.41, 5.74) is -0.132. The number of amides is 1. The molecule has 4 bridgehead atoms. The van der Waals surface area contributed by atoms with Crippen molar-refractivity contribution in [3.63, 3.8) is 0 Å². The number of nitrogens with zero attached hydrogens (tertiary/aromatic N) is 2. The molecular weight excluding hydrogens is 340 g/mol. The summed E-state index contributed by atoms with van der Waals surface area (Å²) in [7, 11) is 0. The molecule has 154 valence electrons. The smallest absolute Gasteiger partial charge is 0.307 e. The van der Waals surface area contributed by atoms with Gasteiger partial charge in [-0.25, -0.2) is 0 Å². The van der Waals surface area contributed by atoms with E-state index in [4.69, 9.17) is 4.74 Å². The summed E-state index contributed by atoms with van der Waals surface area (Å²) in [6.45, 7) is 10.6. The molecule has 5 nitrogen and oxygen atoms in total. The Labute approximate surface area is 164 Å². The lowest BCUT2D eigenvalue weighted by atomic mass is 9.49. The first-order valence-electron chi connectivity index (χ1n) is 11.2. The van der Waals surface area contributed by atoms with Crippen molar-refractivity contribution in [3.8, 4) is 0 Å². The lowest BCUT2D eigenvalue weighted by molar-refractivity contribution is -0.158. The zero-order valence-electron chi connectivity index (χ0n) is 17.5. The minimum Gasteiger partial charge on any atom is -0.466 e. The Morgan fingerprint density at radius 2 is 1.44 bits per heavy atom. The second-order valence-corrected chi connectivity index (χ2v) is 9.07. The molecule has 0 aromatic heterocycles. The average molecular weight is 379 g/mol. The molecule has 5 heteroatoms. The summed E-state index contributed by atoms with van der Waals surface area (Å²) in [4.78, 5) is 30.0. The van der Waals surface area contributed by atoms with Crippen LogP contribution in [0.5, 0.6) is 0 Å². The van der Waals surface area contributed by atoms with E-state index in [1.54, 1.807) is 0 Å². The molecule has 0 atom stereocenters. The maximum atomic E-state index is 13.7. The van der Waals surface area contributed by atoms with E-state index in [9.17, 15) is 9.59 Å². The number of hydrogen-bond acceptors (Lipinski definition) is 4. The van der Waals surface area contributed by atoms with Crippen molar-refractivity contribution in [2.45, 2.75) is 65.7 Å². The number of likely N-dealkylation sites (N-methyl/N-ethyl adjacent to an activating group) is 1. The fourth-order valence-corrected chi connectivity index (χ4v) is 6.28. The zero-order chi connectivity index (χ0) is 19.4. The van der Waals surface area contributed by atoms with Crippen LogP contribution in [0.4, 0.5) is 0 Å². The van der Waals surface area contributed by atoms with Gasteiger partial charge in [-0.1, -0.05) is 13.8 Å². The van der Waals surface area contributed by atoms with Crippen LogP contribution in [0.2, 0.25) is 0 Å². The van der Waals surface area contributed by atoms with Crippen LogP contribution in [0.25, 0.3) is 0 Å². The Kier molecular flexibility index (Phi) is 6.83.